The lowest BCUT2D eigenvalue weighted by Gasteiger charge is -2.24. The fraction of sp³-hybridized carbons (Fsp3) is 0.529. The standard InChI is InChI=1S/C17H24O2/c18-16(14-8-3-1-4-9-14)12-7-13-17(19)15-10-5-2-6-11-15/h1,3-4,7-9,13,15-19H,2,5-6,10-12H2/b13-7+/t16-,17-/m0/s1. The van der Waals surface area contributed by atoms with Crippen molar-refractivity contribution < 1.29 is 10.2 Å². The average Bonchev–Trinajstić information content (AvgIpc) is 2.49. The summed E-state index contributed by atoms with van der Waals surface area (Å²) < 4.78 is 0. The van der Waals surface area contributed by atoms with Gasteiger partial charge in [-0.1, -0.05) is 61.7 Å². The zero-order chi connectivity index (χ0) is 13.5. The molecule has 2 nitrogen and oxygen atoms in total. The Hall–Kier alpha value is -1.12. The fourth-order valence-electron chi connectivity index (χ4n) is 2.79. The van der Waals surface area contributed by atoms with Crippen LogP contribution in [0.25, 0.3) is 0 Å². The number of rotatable bonds is 5. The maximum absolute atomic E-state index is 10.1. The summed E-state index contributed by atoms with van der Waals surface area (Å²) in [7, 11) is 0. The average molecular weight is 260 g/mol. The van der Waals surface area contributed by atoms with E-state index in [-0.39, 0.29) is 6.10 Å². The van der Waals surface area contributed by atoms with Gasteiger partial charge in [0.1, 0.15) is 0 Å². The Labute approximate surface area is 115 Å². The third-order valence-corrected chi connectivity index (χ3v) is 4.01. The van der Waals surface area contributed by atoms with Crippen LogP contribution in [0.4, 0.5) is 0 Å². The molecule has 1 aliphatic rings. The van der Waals surface area contributed by atoms with Crippen LogP contribution < -0.4 is 0 Å². The van der Waals surface area contributed by atoms with Crippen molar-refractivity contribution in [1.29, 1.82) is 0 Å². The minimum Gasteiger partial charge on any atom is -0.389 e. The predicted molar refractivity (Wildman–Crippen MR) is 77.7 cm³/mol. The molecule has 1 saturated carbocycles. The normalized spacial score (nSPS) is 20.5. The van der Waals surface area contributed by atoms with Crippen LogP contribution in [0.1, 0.15) is 50.2 Å². The van der Waals surface area contributed by atoms with E-state index < -0.39 is 6.10 Å². The zero-order valence-electron chi connectivity index (χ0n) is 11.4. The van der Waals surface area contributed by atoms with Crippen LogP contribution in [0, 0.1) is 5.92 Å². The molecule has 0 saturated heterocycles. The maximum atomic E-state index is 10.1. The third-order valence-electron chi connectivity index (χ3n) is 4.01. The van der Waals surface area contributed by atoms with E-state index in [4.69, 9.17) is 0 Å². The Morgan fingerprint density at radius 1 is 1.05 bits per heavy atom. The molecule has 0 heterocycles. The first-order valence-electron chi connectivity index (χ1n) is 7.35. The van der Waals surface area contributed by atoms with E-state index in [0.717, 1.165) is 18.4 Å². The first-order chi connectivity index (χ1) is 9.27. The minimum absolute atomic E-state index is 0.344. The maximum Gasteiger partial charge on any atom is 0.0824 e. The van der Waals surface area contributed by atoms with Gasteiger partial charge < -0.3 is 10.2 Å². The van der Waals surface area contributed by atoms with Gasteiger partial charge in [-0.05, 0) is 30.7 Å². The molecule has 0 unspecified atom stereocenters. The molecular weight excluding hydrogens is 236 g/mol. The van der Waals surface area contributed by atoms with Crippen molar-refractivity contribution in [3.05, 3.63) is 48.0 Å². The number of hydrogen-bond acceptors (Lipinski definition) is 2. The molecular formula is C17H24O2. The quantitative estimate of drug-likeness (QED) is 0.794. The predicted octanol–water partition coefficient (Wildman–Crippen LogP) is 3.61. The molecule has 2 rings (SSSR count). The van der Waals surface area contributed by atoms with Gasteiger partial charge in [0.05, 0.1) is 12.2 Å². The smallest absolute Gasteiger partial charge is 0.0824 e. The lowest BCUT2D eigenvalue weighted by molar-refractivity contribution is 0.124. The number of aliphatic hydroxyl groups is 2. The molecule has 0 aliphatic heterocycles. The third kappa shape index (κ3) is 4.48. The highest BCUT2D eigenvalue weighted by atomic mass is 16.3. The highest BCUT2D eigenvalue weighted by Crippen LogP contribution is 2.27. The van der Waals surface area contributed by atoms with Gasteiger partial charge in [-0.15, -0.1) is 0 Å². The molecule has 2 heteroatoms. The second-order valence-electron chi connectivity index (χ2n) is 5.48. The summed E-state index contributed by atoms with van der Waals surface area (Å²) in [5, 5.41) is 20.1. The molecule has 0 amide bonds. The van der Waals surface area contributed by atoms with Crippen molar-refractivity contribution in [2.24, 2.45) is 5.92 Å². The van der Waals surface area contributed by atoms with Crippen LogP contribution in [-0.4, -0.2) is 16.3 Å². The van der Waals surface area contributed by atoms with Crippen LogP contribution in [0.15, 0.2) is 42.5 Å². The van der Waals surface area contributed by atoms with Crippen molar-refractivity contribution in [2.45, 2.75) is 50.7 Å². The van der Waals surface area contributed by atoms with Gasteiger partial charge in [-0.2, -0.15) is 0 Å². The first kappa shape index (κ1) is 14.3. The summed E-state index contributed by atoms with van der Waals surface area (Å²) in [5.41, 5.74) is 0.930. The second kappa shape index (κ2) is 7.46. The van der Waals surface area contributed by atoms with E-state index in [1.165, 1.54) is 19.3 Å². The van der Waals surface area contributed by atoms with Crippen LogP contribution in [-0.2, 0) is 0 Å². The first-order valence-corrected chi connectivity index (χ1v) is 7.35. The summed E-state index contributed by atoms with van der Waals surface area (Å²) in [6.07, 6.45) is 9.57. The van der Waals surface area contributed by atoms with Crippen molar-refractivity contribution in [1.82, 2.24) is 0 Å². The van der Waals surface area contributed by atoms with E-state index in [9.17, 15) is 10.2 Å². The van der Waals surface area contributed by atoms with E-state index in [0.29, 0.717) is 12.3 Å². The largest absolute Gasteiger partial charge is 0.389 e. The van der Waals surface area contributed by atoms with Crippen LogP contribution in [0.3, 0.4) is 0 Å². The van der Waals surface area contributed by atoms with Crippen LogP contribution >= 0.6 is 0 Å². The van der Waals surface area contributed by atoms with Gasteiger partial charge in [0.25, 0.3) is 0 Å². The topological polar surface area (TPSA) is 40.5 Å². The second-order valence-corrected chi connectivity index (χ2v) is 5.48. The summed E-state index contributed by atoms with van der Waals surface area (Å²) in [4.78, 5) is 0. The van der Waals surface area contributed by atoms with Crippen molar-refractivity contribution in [3.8, 4) is 0 Å². The molecule has 19 heavy (non-hydrogen) atoms. The van der Waals surface area contributed by atoms with E-state index in [2.05, 4.69) is 0 Å². The molecule has 2 N–H and O–H groups in total. The Bertz CT molecular complexity index is 380. The molecule has 0 aromatic heterocycles. The summed E-state index contributed by atoms with van der Waals surface area (Å²) in [6, 6.07) is 9.66. The Balaban J connectivity index is 1.79. The lowest BCUT2D eigenvalue weighted by Crippen LogP contribution is -2.20. The van der Waals surface area contributed by atoms with Crippen LogP contribution in [0.5, 0.6) is 0 Å². The fourth-order valence-corrected chi connectivity index (χ4v) is 2.79. The van der Waals surface area contributed by atoms with Gasteiger partial charge in [0.2, 0.25) is 0 Å². The Morgan fingerprint density at radius 2 is 1.74 bits per heavy atom. The van der Waals surface area contributed by atoms with Crippen LogP contribution in [0.2, 0.25) is 0 Å². The summed E-state index contributed by atoms with van der Waals surface area (Å²) in [6.45, 7) is 0. The molecule has 0 bridgehead atoms. The number of benzene rings is 1. The molecule has 104 valence electrons. The highest BCUT2D eigenvalue weighted by molar-refractivity contribution is 5.18. The van der Waals surface area contributed by atoms with Gasteiger partial charge in [0, 0.05) is 0 Å². The molecule has 1 aromatic carbocycles. The lowest BCUT2D eigenvalue weighted by atomic mass is 9.85. The van der Waals surface area contributed by atoms with Gasteiger partial charge in [-0.3, -0.25) is 0 Å². The Morgan fingerprint density at radius 3 is 2.42 bits per heavy atom. The zero-order valence-corrected chi connectivity index (χ0v) is 11.4. The van der Waals surface area contributed by atoms with Gasteiger partial charge >= 0.3 is 0 Å². The molecule has 0 radical (unpaired) electrons. The van der Waals surface area contributed by atoms with E-state index in [1.54, 1.807) is 0 Å². The SMILES string of the molecule is O[C@@H](C/C=C/[C@H](O)C1CCCCC1)c1ccccc1. The molecule has 1 aliphatic carbocycles. The molecule has 1 fully saturated rings. The number of hydrogen-bond donors (Lipinski definition) is 2. The van der Waals surface area contributed by atoms with Gasteiger partial charge in [-0.25, -0.2) is 0 Å². The van der Waals surface area contributed by atoms with Crippen molar-refractivity contribution >= 4 is 0 Å². The number of aliphatic hydroxyl groups excluding tert-OH is 2. The van der Waals surface area contributed by atoms with E-state index in [1.807, 2.05) is 42.5 Å². The highest BCUT2D eigenvalue weighted by Gasteiger charge is 2.19. The van der Waals surface area contributed by atoms with Crippen molar-refractivity contribution in [3.63, 3.8) is 0 Å². The molecule has 2 atom stereocenters. The molecule has 1 aromatic rings. The summed E-state index contributed by atoms with van der Waals surface area (Å²) >= 11 is 0. The minimum atomic E-state index is -0.476. The molecule has 0 spiro atoms. The summed E-state index contributed by atoms with van der Waals surface area (Å²) in [5.74, 6) is 0.416. The Kier molecular flexibility index (Phi) is 5.62. The van der Waals surface area contributed by atoms with Gasteiger partial charge in [0.15, 0.2) is 0 Å². The van der Waals surface area contributed by atoms with E-state index >= 15 is 0 Å². The monoisotopic (exact) mass is 260 g/mol. The van der Waals surface area contributed by atoms with Crippen molar-refractivity contribution in [2.75, 3.05) is 0 Å².